The first kappa shape index (κ1) is 11.0. The van der Waals surface area contributed by atoms with E-state index in [-0.39, 0.29) is 23.6 Å². The zero-order valence-electron chi connectivity index (χ0n) is 9.67. The Balaban J connectivity index is 2.61. The second-order valence-electron chi connectivity index (χ2n) is 5.08. The Morgan fingerprint density at radius 1 is 1.31 bits per heavy atom. The highest BCUT2D eigenvalue weighted by Gasteiger charge is 2.28. The van der Waals surface area contributed by atoms with Gasteiger partial charge < -0.3 is 0 Å². The number of hydrogen-bond donors (Lipinski definition) is 0. The third-order valence-corrected chi connectivity index (χ3v) is 2.61. The predicted molar refractivity (Wildman–Crippen MR) is 61.1 cm³/mol. The summed E-state index contributed by atoms with van der Waals surface area (Å²) in [4.78, 5) is 15.6. The molecule has 0 N–H and O–H groups in total. The van der Waals surface area contributed by atoms with E-state index in [1.807, 2.05) is 20.8 Å². The van der Waals surface area contributed by atoms with Crippen LogP contribution in [0.3, 0.4) is 0 Å². The third kappa shape index (κ3) is 1.90. The number of fused-ring (bicyclic) bond motifs is 1. The Kier molecular flexibility index (Phi) is 2.41. The van der Waals surface area contributed by atoms with E-state index in [2.05, 4.69) is 4.99 Å². The number of rotatable bonds is 0. The van der Waals surface area contributed by atoms with Gasteiger partial charge in [-0.25, -0.2) is 9.38 Å². The molecule has 0 atom stereocenters. The Labute approximate surface area is 94.2 Å². The number of hydrogen-bond acceptors (Lipinski definition) is 1. The number of aliphatic imine (C=N–C) groups is 1. The molecule has 1 aliphatic heterocycles. The first-order valence-electron chi connectivity index (χ1n) is 5.29. The van der Waals surface area contributed by atoms with Gasteiger partial charge >= 0.3 is 0 Å². The molecular weight excluding hydrogens is 205 g/mol. The average Bonchev–Trinajstić information content (AvgIpc) is 2.14. The van der Waals surface area contributed by atoms with Gasteiger partial charge in [-0.3, -0.25) is 4.79 Å². The summed E-state index contributed by atoms with van der Waals surface area (Å²) in [5, 5.41) is 0. The van der Waals surface area contributed by atoms with Gasteiger partial charge in [0.2, 0.25) is 5.91 Å². The molecule has 84 valence electrons. The van der Waals surface area contributed by atoms with Gasteiger partial charge in [-0.2, -0.15) is 0 Å². The highest BCUT2D eigenvalue weighted by atomic mass is 19.1. The predicted octanol–water partition coefficient (Wildman–Crippen LogP) is 2.74. The van der Waals surface area contributed by atoms with Crippen molar-refractivity contribution in [3.63, 3.8) is 0 Å². The minimum atomic E-state index is -0.304. The van der Waals surface area contributed by atoms with Crippen LogP contribution in [0.1, 0.15) is 31.9 Å². The van der Waals surface area contributed by atoms with E-state index in [1.165, 1.54) is 12.1 Å². The van der Waals surface area contributed by atoms with Crippen LogP contribution in [0.5, 0.6) is 0 Å². The third-order valence-electron chi connectivity index (χ3n) is 2.61. The van der Waals surface area contributed by atoms with E-state index in [0.717, 1.165) is 16.8 Å². The molecule has 2 nitrogen and oxygen atoms in total. The smallest absolute Gasteiger partial charge is 0.250 e. The van der Waals surface area contributed by atoms with Gasteiger partial charge in [-0.15, -0.1) is 0 Å². The summed E-state index contributed by atoms with van der Waals surface area (Å²) < 4.78 is 13.1. The molecule has 0 unspecified atom stereocenters. The Bertz CT molecular complexity index is 483. The molecule has 2 rings (SSSR count). The average molecular weight is 219 g/mol. The molecule has 0 spiro atoms. The number of carbonyl (C=O) groups excluding carboxylic acids is 1. The Hall–Kier alpha value is -1.51. The van der Waals surface area contributed by atoms with Crippen molar-refractivity contribution in [2.75, 3.05) is 0 Å². The van der Waals surface area contributed by atoms with Crippen LogP contribution in [0.2, 0.25) is 0 Å². The molecule has 3 heteroatoms. The topological polar surface area (TPSA) is 29.4 Å². The van der Waals surface area contributed by atoms with Gasteiger partial charge in [0.15, 0.2) is 0 Å². The van der Waals surface area contributed by atoms with Crippen molar-refractivity contribution in [2.24, 2.45) is 10.4 Å². The molecule has 0 aliphatic carbocycles. The normalized spacial score (nSPS) is 15.8. The maximum atomic E-state index is 13.1. The van der Waals surface area contributed by atoms with Crippen LogP contribution in [0.4, 0.5) is 4.39 Å². The number of nitrogens with zero attached hydrogens (tertiary/aromatic N) is 1. The molecule has 0 saturated heterocycles. The SMILES string of the molecule is CC(C)(C)C1=NC(=O)Cc2cc(F)ccc21. The van der Waals surface area contributed by atoms with E-state index >= 15 is 0 Å². The van der Waals surface area contributed by atoms with Gasteiger partial charge in [0.05, 0.1) is 12.1 Å². The second kappa shape index (κ2) is 3.51. The molecule has 0 aromatic heterocycles. The molecule has 1 aromatic carbocycles. The molecule has 16 heavy (non-hydrogen) atoms. The van der Waals surface area contributed by atoms with Crippen molar-refractivity contribution in [2.45, 2.75) is 27.2 Å². The molecule has 1 amide bonds. The van der Waals surface area contributed by atoms with E-state index < -0.39 is 0 Å². The largest absolute Gasteiger partial charge is 0.272 e. The maximum absolute atomic E-state index is 13.1. The summed E-state index contributed by atoms with van der Waals surface area (Å²) >= 11 is 0. The summed E-state index contributed by atoms with van der Waals surface area (Å²) in [6.07, 6.45) is 0.201. The summed E-state index contributed by atoms with van der Waals surface area (Å²) in [6, 6.07) is 4.55. The van der Waals surface area contributed by atoms with Crippen LogP contribution in [0.15, 0.2) is 23.2 Å². The lowest BCUT2D eigenvalue weighted by molar-refractivity contribution is -0.117. The molecule has 1 heterocycles. The minimum Gasteiger partial charge on any atom is -0.272 e. The highest BCUT2D eigenvalue weighted by molar-refractivity contribution is 6.13. The van der Waals surface area contributed by atoms with Crippen molar-refractivity contribution < 1.29 is 9.18 Å². The van der Waals surface area contributed by atoms with Crippen LogP contribution in [-0.2, 0) is 11.2 Å². The van der Waals surface area contributed by atoms with E-state index in [4.69, 9.17) is 0 Å². The van der Waals surface area contributed by atoms with Crippen molar-refractivity contribution in [1.82, 2.24) is 0 Å². The van der Waals surface area contributed by atoms with Crippen LogP contribution in [0, 0.1) is 11.2 Å². The summed E-state index contributed by atoms with van der Waals surface area (Å²) in [5.41, 5.74) is 2.18. The van der Waals surface area contributed by atoms with E-state index in [9.17, 15) is 9.18 Å². The molecule has 0 saturated carbocycles. The molecule has 0 fully saturated rings. The quantitative estimate of drug-likeness (QED) is 0.659. The molecule has 0 bridgehead atoms. The lowest BCUT2D eigenvalue weighted by Crippen LogP contribution is -2.28. The Morgan fingerprint density at radius 3 is 2.62 bits per heavy atom. The highest BCUT2D eigenvalue weighted by Crippen LogP contribution is 2.28. The van der Waals surface area contributed by atoms with Crippen LogP contribution in [-0.4, -0.2) is 11.6 Å². The van der Waals surface area contributed by atoms with Gasteiger partial charge in [0.25, 0.3) is 0 Å². The first-order valence-corrected chi connectivity index (χ1v) is 5.29. The Morgan fingerprint density at radius 2 is 2.00 bits per heavy atom. The number of carbonyl (C=O) groups is 1. The lowest BCUT2D eigenvalue weighted by atomic mass is 9.81. The monoisotopic (exact) mass is 219 g/mol. The minimum absolute atomic E-state index is 0.192. The van der Waals surface area contributed by atoms with Crippen molar-refractivity contribution in [3.8, 4) is 0 Å². The van der Waals surface area contributed by atoms with Gasteiger partial charge in [0.1, 0.15) is 5.82 Å². The molecule has 1 aliphatic rings. The van der Waals surface area contributed by atoms with Gasteiger partial charge in [-0.05, 0) is 23.8 Å². The maximum Gasteiger partial charge on any atom is 0.250 e. The van der Waals surface area contributed by atoms with E-state index in [1.54, 1.807) is 6.07 Å². The zero-order chi connectivity index (χ0) is 11.9. The van der Waals surface area contributed by atoms with E-state index in [0.29, 0.717) is 0 Å². The number of benzene rings is 1. The fourth-order valence-electron chi connectivity index (χ4n) is 1.90. The fourth-order valence-corrected chi connectivity index (χ4v) is 1.90. The van der Waals surface area contributed by atoms with Crippen LogP contribution in [0.25, 0.3) is 0 Å². The van der Waals surface area contributed by atoms with Crippen molar-refractivity contribution in [1.29, 1.82) is 0 Å². The lowest BCUT2D eigenvalue weighted by Gasteiger charge is -2.26. The first-order chi connectivity index (χ1) is 7.38. The van der Waals surface area contributed by atoms with Crippen LogP contribution >= 0.6 is 0 Å². The standard InChI is InChI=1S/C13H14FNO/c1-13(2,3)12-10-5-4-9(14)6-8(10)7-11(16)15-12/h4-6H,7H2,1-3H3. The zero-order valence-corrected chi connectivity index (χ0v) is 9.67. The number of amides is 1. The molecule has 0 radical (unpaired) electrons. The summed E-state index contributed by atoms with van der Waals surface area (Å²) in [6.45, 7) is 5.99. The van der Waals surface area contributed by atoms with Crippen molar-refractivity contribution in [3.05, 3.63) is 35.1 Å². The van der Waals surface area contributed by atoms with Gasteiger partial charge in [0, 0.05) is 11.0 Å². The molecular formula is C13H14FNO. The number of halogens is 1. The summed E-state index contributed by atoms with van der Waals surface area (Å²) in [7, 11) is 0. The van der Waals surface area contributed by atoms with Crippen LogP contribution < -0.4 is 0 Å². The van der Waals surface area contributed by atoms with Crippen molar-refractivity contribution >= 4 is 11.6 Å². The second-order valence-corrected chi connectivity index (χ2v) is 5.08. The fraction of sp³-hybridized carbons (Fsp3) is 0.385. The molecule has 1 aromatic rings. The van der Waals surface area contributed by atoms with Gasteiger partial charge in [-0.1, -0.05) is 20.8 Å². The summed E-state index contributed by atoms with van der Waals surface area (Å²) in [5.74, 6) is -0.496.